The number of benzene rings is 1. The van der Waals surface area contributed by atoms with E-state index in [1.165, 1.54) is 37.7 Å². The smallest absolute Gasteiger partial charge is 0.256 e. The molecule has 1 aliphatic rings. The molecule has 0 amide bonds. The molecule has 0 spiro atoms. The van der Waals surface area contributed by atoms with Crippen LogP contribution in [0.25, 0.3) is 22.0 Å². The zero-order valence-electron chi connectivity index (χ0n) is 18.9. The molecule has 3 N–H and O–H groups in total. The number of rotatable bonds is 6. The number of aromatic nitrogens is 2. The largest absolute Gasteiger partial charge is 0.384 e. The molecule has 0 saturated carbocycles. The molecule has 3 heterocycles. The van der Waals surface area contributed by atoms with Gasteiger partial charge in [-0.2, -0.15) is 0 Å². The van der Waals surface area contributed by atoms with E-state index in [4.69, 9.17) is 5.73 Å². The highest BCUT2D eigenvalue weighted by Gasteiger charge is 2.32. The lowest BCUT2D eigenvalue weighted by Gasteiger charge is -2.45. The predicted octanol–water partition coefficient (Wildman–Crippen LogP) is 5.67. The summed E-state index contributed by atoms with van der Waals surface area (Å²) in [6, 6.07) is 13.5. The van der Waals surface area contributed by atoms with Gasteiger partial charge in [-0.1, -0.05) is 38.3 Å². The average molecular weight is 419 g/mol. The van der Waals surface area contributed by atoms with Crippen LogP contribution in [0, 0.1) is 0 Å². The van der Waals surface area contributed by atoms with Gasteiger partial charge in [0.2, 0.25) is 0 Å². The summed E-state index contributed by atoms with van der Waals surface area (Å²) in [5.74, 6) is 0.419. The number of unbranched alkanes of at least 4 members (excludes halogenated alkanes) is 1. The molecule has 5 heteroatoms. The Kier molecular flexibility index (Phi) is 6.42. The third-order valence-electron chi connectivity index (χ3n) is 6.83. The number of fused-ring (bicyclic) bond motifs is 1. The van der Waals surface area contributed by atoms with Crippen LogP contribution in [0.3, 0.4) is 0 Å². The first-order valence-electron chi connectivity index (χ1n) is 11.6. The van der Waals surface area contributed by atoms with Crippen LogP contribution in [0.5, 0.6) is 0 Å². The Labute approximate surface area is 184 Å². The van der Waals surface area contributed by atoms with Crippen LogP contribution in [0.15, 0.2) is 47.4 Å². The molecular weight excluding hydrogens is 384 g/mol. The van der Waals surface area contributed by atoms with E-state index in [0.717, 1.165) is 22.9 Å². The van der Waals surface area contributed by atoms with Crippen molar-refractivity contribution in [2.75, 3.05) is 5.73 Å². The van der Waals surface area contributed by atoms with Crippen molar-refractivity contribution in [1.29, 1.82) is 0 Å². The quantitative estimate of drug-likeness (QED) is 0.541. The molecule has 31 heavy (non-hydrogen) atoms. The van der Waals surface area contributed by atoms with Crippen molar-refractivity contribution in [2.45, 2.75) is 77.4 Å². The summed E-state index contributed by atoms with van der Waals surface area (Å²) in [6.45, 7) is 6.99. The van der Waals surface area contributed by atoms with Crippen LogP contribution in [0.2, 0.25) is 0 Å². The minimum atomic E-state index is -0.0972. The molecule has 1 saturated heterocycles. The molecule has 4 rings (SSSR count). The highest BCUT2D eigenvalue weighted by atomic mass is 16.1. The number of likely N-dealkylation sites (tertiary alicyclic amines) is 1. The van der Waals surface area contributed by atoms with Crippen LogP contribution < -0.4 is 11.3 Å². The number of aromatic amines is 1. The fourth-order valence-corrected chi connectivity index (χ4v) is 5.29. The van der Waals surface area contributed by atoms with Gasteiger partial charge in [0.15, 0.2) is 0 Å². The highest BCUT2D eigenvalue weighted by Crippen LogP contribution is 2.38. The highest BCUT2D eigenvalue weighted by molar-refractivity contribution is 5.87. The second-order valence-electron chi connectivity index (χ2n) is 9.02. The van der Waals surface area contributed by atoms with E-state index in [1.54, 1.807) is 12.3 Å². The van der Waals surface area contributed by atoms with E-state index >= 15 is 0 Å². The number of anilines is 1. The van der Waals surface area contributed by atoms with E-state index in [2.05, 4.69) is 53.8 Å². The Bertz CT molecular complexity index is 1100. The maximum atomic E-state index is 12.9. The normalized spacial score (nSPS) is 20.7. The molecule has 5 nitrogen and oxygen atoms in total. The Morgan fingerprint density at radius 3 is 2.68 bits per heavy atom. The fraction of sp³-hybridized carbons (Fsp3) is 0.462. The second kappa shape index (κ2) is 9.23. The summed E-state index contributed by atoms with van der Waals surface area (Å²) in [4.78, 5) is 22.8. The Morgan fingerprint density at radius 2 is 1.97 bits per heavy atom. The summed E-state index contributed by atoms with van der Waals surface area (Å²) >= 11 is 0. The van der Waals surface area contributed by atoms with Crippen molar-refractivity contribution in [3.05, 3.63) is 58.5 Å². The standard InChI is InChI=1S/C26H34N4O/c1-4-5-12-24(30-17(2)8-6-9-18(30)3)20-10-7-11-23-22(20)16-21(26(31)29-23)19-13-14-28-25(27)15-19/h7,10-11,13-18,24H,4-6,8-9,12H2,1-3H3,(H2,27,28)(H,29,31). The van der Waals surface area contributed by atoms with Crippen molar-refractivity contribution in [3.63, 3.8) is 0 Å². The first-order valence-corrected chi connectivity index (χ1v) is 11.6. The maximum absolute atomic E-state index is 12.9. The molecule has 0 aliphatic carbocycles. The van der Waals surface area contributed by atoms with E-state index < -0.39 is 0 Å². The van der Waals surface area contributed by atoms with Gasteiger partial charge in [0, 0.05) is 40.8 Å². The number of nitrogens with one attached hydrogen (secondary N) is 1. The summed E-state index contributed by atoms with van der Waals surface area (Å²) < 4.78 is 0. The number of nitrogens with two attached hydrogens (primary N) is 1. The number of H-pyrrole nitrogens is 1. The van der Waals surface area contributed by atoms with Crippen molar-refractivity contribution in [3.8, 4) is 11.1 Å². The minimum Gasteiger partial charge on any atom is -0.384 e. The van der Waals surface area contributed by atoms with E-state index in [9.17, 15) is 4.79 Å². The molecule has 3 atom stereocenters. The maximum Gasteiger partial charge on any atom is 0.256 e. The van der Waals surface area contributed by atoms with Crippen LogP contribution in [-0.4, -0.2) is 27.0 Å². The lowest BCUT2D eigenvalue weighted by Crippen LogP contribution is -2.46. The summed E-state index contributed by atoms with van der Waals surface area (Å²) in [6.07, 6.45) is 8.94. The van der Waals surface area contributed by atoms with Crippen LogP contribution in [0.1, 0.15) is 70.9 Å². The van der Waals surface area contributed by atoms with Gasteiger partial charge in [0.1, 0.15) is 5.82 Å². The first kappa shape index (κ1) is 21.6. The third-order valence-corrected chi connectivity index (χ3v) is 6.83. The number of piperidine rings is 1. The molecule has 1 aromatic carbocycles. The van der Waals surface area contributed by atoms with Gasteiger partial charge >= 0.3 is 0 Å². The van der Waals surface area contributed by atoms with Gasteiger partial charge < -0.3 is 10.7 Å². The van der Waals surface area contributed by atoms with E-state index in [1.807, 2.05) is 12.1 Å². The minimum absolute atomic E-state index is 0.0972. The van der Waals surface area contributed by atoms with Gasteiger partial charge in [-0.05, 0) is 68.5 Å². The fourth-order valence-electron chi connectivity index (χ4n) is 5.29. The second-order valence-corrected chi connectivity index (χ2v) is 9.02. The lowest BCUT2D eigenvalue weighted by molar-refractivity contribution is 0.0496. The van der Waals surface area contributed by atoms with Gasteiger partial charge in [0.05, 0.1) is 0 Å². The molecule has 1 fully saturated rings. The molecular formula is C26H34N4O. The van der Waals surface area contributed by atoms with E-state index in [-0.39, 0.29) is 5.56 Å². The Hall–Kier alpha value is -2.66. The number of pyridine rings is 2. The molecule has 164 valence electrons. The average Bonchev–Trinajstić information content (AvgIpc) is 2.75. The van der Waals surface area contributed by atoms with Gasteiger partial charge in [-0.3, -0.25) is 9.69 Å². The number of nitrogens with zero attached hydrogens (tertiary/aromatic N) is 2. The van der Waals surface area contributed by atoms with Crippen LogP contribution in [-0.2, 0) is 0 Å². The lowest BCUT2D eigenvalue weighted by atomic mass is 9.88. The topological polar surface area (TPSA) is 75.0 Å². The number of hydrogen-bond acceptors (Lipinski definition) is 4. The Morgan fingerprint density at radius 1 is 1.19 bits per heavy atom. The van der Waals surface area contributed by atoms with Crippen LogP contribution >= 0.6 is 0 Å². The third kappa shape index (κ3) is 4.38. The summed E-state index contributed by atoms with van der Waals surface area (Å²) in [5.41, 5.74) is 9.44. The predicted molar refractivity (Wildman–Crippen MR) is 129 cm³/mol. The number of hydrogen-bond donors (Lipinski definition) is 2. The van der Waals surface area contributed by atoms with Gasteiger partial charge in [0.25, 0.3) is 5.56 Å². The zero-order valence-corrected chi connectivity index (χ0v) is 18.9. The van der Waals surface area contributed by atoms with Crippen molar-refractivity contribution in [1.82, 2.24) is 14.9 Å². The SMILES string of the molecule is CCCCC(c1cccc2[nH]c(=O)c(-c3ccnc(N)c3)cc12)N1C(C)CCCC1C. The van der Waals surface area contributed by atoms with Crippen molar-refractivity contribution < 1.29 is 0 Å². The van der Waals surface area contributed by atoms with Gasteiger partial charge in [-0.15, -0.1) is 0 Å². The van der Waals surface area contributed by atoms with Crippen LogP contribution in [0.4, 0.5) is 5.82 Å². The molecule has 2 aromatic heterocycles. The number of nitrogen functional groups attached to an aromatic ring is 1. The molecule has 0 bridgehead atoms. The van der Waals surface area contributed by atoms with Crippen molar-refractivity contribution >= 4 is 16.7 Å². The monoisotopic (exact) mass is 418 g/mol. The van der Waals surface area contributed by atoms with Gasteiger partial charge in [-0.25, -0.2) is 4.98 Å². The molecule has 3 unspecified atom stereocenters. The Balaban J connectivity index is 1.88. The zero-order chi connectivity index (χ0) is 22.0. The summed E-state index contributed by atoms with van der Waals surface area (Å²) in [7, 11) is 0. The van der Waals surface area contributed by atoms with E-state index in [0.29, 0.717) is 29.5 Å². The first-order chi connectivity index (χ1) is 15.0. The molecule has 1 aliphatic heterocycles. The molecule has 3 aromatic rings. The van der Waals surface area contributed by atoms with Crippen molar-refractivity contribution in [2.24, 2.45) is 0 Å². The summed E-state index contributed by atoms with van der Waals surface area (Å²) in [5, 5.41) is 1.12. The molecule has 0 radical (unpaired) electrons.